The Hall–Kier alpha value is -1.84. The van der Waals surface area contributed by atoms with Crippen LogP contribution in [-0.4, -0.2) is 23.1 Å². The normalized spacial score (nSPS) is 11.9. The van der Waals surface area contributed by atoms with E-state index in [1.165, 1.54) is 76.3 Å². The molecule has 4 nitrogen and oxygen atoms in total. The first-order chi connectivity index (χ1) is 14.1. The molecule has 1 N–H and O–H groups in total. The number of hydrogen-bond acceptors (Lipinski definition) is 3. The third-order valence-corrected chi connectivity index (χ3v) is 5.49. The van der Waals surface area contributed by atoms with Gasteiger partial charge in [-0.15, -0.1) is 0 Å². The van der Waals surface area contributed by atoms with Gasteiger partial charge in [0, 0.05) is 0 Å². The van der Waals surface area contributed by atoms with Gasteiger partial charge in [0.15, 0.2) is 0 Å². The number of benzene rings is 1. The van der Waals surface area contributed by atoms with E-state index in [4.69, 9.17) is 4.74 Å². The number of esters is 1. The quantitative estimate of drug-likeness (QED) is 0.217. The lowest BCUT2D eigenvalue weighted by molar-refractivity contribution is 0.0262. The first kappa shape index (κ1) is 25.2. The Kier molecular flexibility index (Phi) is 13.9. The highest BCUT2D eigenvalue weighted by atomic mass is 16.5. The number of carboxylic acid groups (broad SMARTS) is 1. The van der Waals surface area contributed by atoms with Crippen molar-refractivity contribution in [2.24, 2.45) is 0 Å². The smallest absolute Gasteiger partial charge is 0.339 e. The van der Waals surface area contributed by atoms with Gasteiger partial charge in [0.25, 0.3) is 0 Å². The van der Waals surface area contributed by atoms with Gasteiger partial charge in [-0.25, -0.2) is 9.59 Å². The molecule has 0 saturated carbocycles. The lowest BCUT2D eigenvalue weighted by Crippen LogP contribution is -2.19. The highest BCUT2D eigenvalue weighted by Gasteiger charge is 2.20. The molecule has 1 atom stereocenters. The minimum atomic E-state index is -1.11. The van der Waals surface area contributed by atoms with Crippen molar-refractivity contribution in [1.29, 1.82) is 0 Å². The lowest BCUT2D eigenvalue weighted by Gasteiger charge is -2.17. The molecule has 1 aromatic rings. The summed E-state index contributed by atoms with van der Waals surface area (Å²) in [6.45, 7) is 4.26. The van der Waals surface area contributed by atoms with E-state index in [0.717, 1.165) is 25.7 Å². The topological polar surface area (TPSA) is 63.6 Å². The molecule has 0 radical (unpaired) electrons. The van der Waals surface area contributed by atoms with Gasteiger partial charge in [-0.3, -0.25) is 0 Å². The van der Waals surface area contributed by atoms with Crippen LogP contribution < -0.4 is 0 Å². The fourth-order valence-electron chi connectivity index (χ4n) is 3.62. The minimum absolute atomic E-state index is 0.00211. The molecule has 29 heavy (non-hydrogen) atoms. The number of carbonyl (C=O) groups is 2. The molecular formula is C25H40O4. The summed E-state index contributed by atoms with van der Waals surface area (Å²) in [6.07, 6.45) is 17.1. The molecule has 0 aromatic heterocycles. The van der Waals surface area contributed by atoms with Crippen LogP contribution in [0.25, 0.3) is 0 Å². The number of ether oxygens (including phenoxy) is 1. The number of carboxylic acids is 1. The summed E-state index contributed by atoms with van der Waals surface area (Å²) in [7, 11) is 0. The average Bonchev–Trinajstić information content (AvgIpc) is 2.73. The zero-order chi connectivity index (χ0) is 21.3. The average molecular weight is 405 g/mol. The molecule has 0 spiro atoms. The van der Waals surface area contributed by atoms with E-state index >= 15 is 0 Å². The second kappa shape index (κ2) is 16.0. The number of rotatable bonds is 17. The Morgan fingerprint density at radius 2 is 1.28 bits per heavy atom. The molecule has 0 aliphatic rings. The SMILES string of the molecule is CCCCCCCCCCCCCCC(CC)OC(=O)c1ccccc1C(=O)O. The molecule has 0 heterocycles. The summed E-state index contributed by atoms with van der Waals surface area (Å²) in [4.78, 5) is 23.6. The molecule has 164 valence electrons. The zero-order valence-corrected chi connectivity index (χ0v) is 18.5. The fraction of sp³-hybridized carbons (Fsp3) is 0.680. The third kappa shape index (κ3) is 11.1. The first-order valence-corrected chi connectivity index (χ1v) is 11.6. The van der Waals surface area contributed by atoms with Crippen LogP contribution in [0.4, 0.5) is 0 Å². The molecule has 1 unspecified atom stereocenters. The van der Waals surface area contributed by atoms with Crippen molar-refractivity contribution in [2.45, 2.75) is 110 Å². The van der Waals surface area contributed by atoms with Gasteiger partial charge in [-0.1, -0.05) is 96.6 Å². The van der Waals surface area contributed by atoms with Crippen LogP contribution in [-0.2, 0) is 4.74 Å². The summed E-state index contributed by atoms with van der Waals surface area (Å²) in [5.41, 5.74) is 0.130. The van der Waals surface area contributed by atoms with Gasteiger partial charge in [0.05, 0.1) is 11.1 Å². The van der Waals surface area contributed by atoms with Crippen molar-refractivity contribution in [3.63, 3.8) is 0 Å². The van der Waals surface area contributed by atoms with Crippen LogP contribution >= 0.6 is 0 Å². The van der Waals surface area contributed by atoms with E-state index in [1.54, 1.807) is 12.1 Å². The molecule has 0 saturated heterocycles. The summed E-state index contributed by atoms with van der Waals surface area (Å²) in [6, 6.07) is 6.23. The summed E-state index contributed by atoms with van der Waals surface area (Å²) >= 11 is 0. The summed E-state index contributed by atoms with van der Waals surface area (Å²) in [5.74, 6) is -1.64. The molecule has 4 heteroatoms. The predicted octanol–water partition coefficient (Wildman–Crippen LogP) is 7.41. The van der Waals surface area contributed by atoms with Gasteiger partial charge < -0.3 is 9.84 Å². The van der Waals surface area contributed by atoms with E-state index in [2.05, 4.69) is 6.92 Å². The van der Waals surface area contributed by atoms with Gasteiger partial charge in [0.2, 0.25) is 0 Å². The van der Waals surface area contributed by atoms with Crippen LogP contribution in [0.15, 0.2) is 24.3 Å². The van der Waals surface area contributed by atoms with Crippen molar-refractivity contribution in [2.75, 3.05) is 0 Å². The maximum atomic E-state index is 12.4. The Morgan fingerprint density at radius 3 is 1.76 bits per heavy atom. The summed E-state index contributed by atoms with van der Waals surface area (Å²) < 4.78 is 5.57. The maximum Gasteiger partial charge on any atom is 0.339 e. The molecule has 1 aromatic carbocycles. The van der Waals surface area contributed by atoms with E-state index in [-0.39, 0.29) is 17.2 Å². The van der Waals surface area contributed by atoms with Crippen molar-refractivity contribution < 1.29 is 19.4 Å². The van der Waals surface area contributed by atoms with Crippen LogP contribution in [0.1, 0.15) is 124 Å². The third-order valence-electron chi connectivity index (χ3n) is 5.49. The Labute approximate surface area is 177 Å². The molecule has 1 rings (SSSR count). The molecule has 0 fully saturated rings. The minimum Gasteiger partial charge on any atom is -0.478 e. The highest BCUT2D eigenvalue weighted by Crippen LogP contribution is 2.17. The van der Waals surface area contributed by atoms with E-state index in [0.29, 0.717) is 0 Å². The van der Waals surface area contributed by atoms with Crippen molar-refractivity contribution >= 4 is 11.9 Å². The second-order valence-corrected chi connectivity index (χ2v) is 7.96. The first-order valence-electron chi connectivity index (χ1n) is 11.6. The van der Waals surface area contributed by atoms with Gasteiger partial charge in [0.1, 0.15) is 6.10 Å². The molecular weight excluding hydrogens is 364 g/mol. The zero-order valence-electron chi connectivity index (χ0n) is 18.5. The van der Waals surface area contributed by atoms with Gasteiger partial charge >= 0.3 is 11.9 Å². The molecule has 0 aliphatic heterocycles. The van der Waals surface area contributed by atoms with Crippen molar-refractivity contribution in [3.8, 4) is 0 Å². The monoisotopic (exact) mass is 404 g/mol. The molecule has 0 amide bonds. The lowest BCUT2D eigenvalue weighted by atomic mass is 10.0. The number of aromatic carboxylic acids is 1. The van der Waals surface area contributed by atoms with Crippen LogP contribution in [0.5, 0.6) is 0 Å². The Morgan fingerprint density at radius 1 is 0.793 bits per heavy atom. The van der Waals surface area contributed by atoms with Gasteiger partial charge in [-0.2, -0.15) is 0 Å². The van der Waals surface area contributed by atoms with Crippen LogP contribution in [0, 0.1) is 0 Å². The standard InChI is InChI=1S/C25H40O4/c1-3-5-6-7-8-9-10-11-12-13-14-15-18-21(4-2)29-25(28)23-20-17-16-19-22(23)24(26)27/h16-17,19-21H,3-15,18H2,1-2H3,(H,26,27). The summed E-state index contributed by atoms with van der Waals surface area (Å²) in [5, 5.41) is 9.22. The van der Waals surface area contributed by atoms with Crippen LogP contribution in [0.2, 0.25) is 0 Å². The number of hydrogen-bond donors (Lipinski definition) is 1. The Bertz CT molecular complexity index is 582. The number of unbranched alkanes of at least 4 members (excludes halogenated alkanes) is 11. The Balaban J connectivity index is 2.16. The van der Waals surface area contributed by atoms with Crippen molar-refractivity contribution in [3.05, 3.63) is 35.4 Å². The van der Waals surface area contributed by atoms with Gasteiger partial charge in [-0.05, 0) is 31.4 Å². The molecule has 0 bridgehead atoms. The van der Waals surface area contributed by atoms with Crippen molar-refractivity contribution in [1.82, 2.24) is 0 Å². The fourth-order valence-corrected chi connectivity index (χ4v) is 3.62. The highest BCUT2D eigenvalue weighted by molar-refractivity contribution is 6.02. The largest absolute Gasteiger partial charge is 0.478 e. The maximum absolute atomic E-state index is 12.4. The van der Waals surface area contributed by atoms with Crippen LogP contribution in [0.3, 0.4) is 0 Å². The van der Waals surface area contributed by atoms with E-state index in [1.807, 2.05) is 6.92 Å². The van der Waals surface area contributed by atoms with E-state index < -0.39 is 11.9 Å². The number of carbonyl (C=O) groups excluding carboxylic acids is 1. The van der Waals surface area contributed by atoms with E-state index in [9.17, 15) is 14.7 Å². The predicted molar refractivity (Wildman–Crippen MR) is 119 cm³/mol. The second-order valence-electron chi connectivity index (χ2n) is 7.96. The molecule has 0 aliphatic carbocycles.